The molecule has 24 heavy (non-hydrogen) atoms. The second-order valence-corrected chi connectivity index (χ2v) is 7.72. The second kappa shape index (κ2) is 6.69. The van der Waals surface area contributed by atoms with Crippen LogP contribution in [0.4, 0.5) is 0 Å². The number of aromatic nitrogens is 2. The Morgan fingerprint density at radius 3 is 2.38 bits per heavy atom. The van der Waals surface area contributed by atoms with Gasteiger partial charge in [0.1, 0.15) is 5.56 Å². The SMILES string of the molecule is Cc1nn(C)c(=O)c(C(=O)N2CCCC3(CCCCC3)CC2)c1C. The Bertz CT molecular complexity index is 687. The van der Waals surface area contributed by atoms with Crippen molar-refractivity contribution in [2.75, 3.05) is 13.1 Å². The van der Waals surface area contributed by atoms with Crippen molar-refractivity contribution in [3.8, 4) is 0 Å². The largest absolute Gasteiger partial charge is 0.338 e. The van der Waals surface area contributed by atoms with Gasteiger partial charge in [0.2, 0.25) is 0 Å². The predicted octanol–water partition coefficient (Wildman–Crippen LogP) is 2.97. The third-order valence-corrected chi connectivity index (χ3v) is 6.19. The summed E-state index contributed by atoms with van der Waals surface area (Å²) in [6, 6.07) is 0. The average molecular weight is 331 g/mol. The van der Waals surface area contributed by atoms with Gasteiger partial charge in [-0.05, 0) is 56.9 Å². The molecule has 132 valence electrons. The lowest BCUT2D eigenvalue weighted by Gasteiger charge is -2.36. The zero-order chi connectivity index (χ0) is 17.3. The van der Waals surface area contributed by atoms with Crippen molar-refractivity contribution in [2.45, 2.75) is 65.2 Å². The van der Waals surface area contributed by atoms with E-state index in [-0.39, 0.29) is 11.5 Å². The molecule has 1 aromatic rings. The van der Waals surface area contributed by atoms with Crippen molar-refractivity contribution in [2.24, 2.45) is 12.5 Å². The van der Waals surface area contributed by atoms with Crippen LogP contribution in [0.25, 0.3) is 0 Å². The number of aryl methyl sites for hydroxylation is 2. The number of rotatable bonds is 1. The Morgan fingerprint density at radius 1 is 1.00 bits per heavy atom. The van der Waals surface area contributed by atoms with E-state index >= 15 is 0 Å². The molecule has 2 heterocycles. The van der Waals surface area contributed by atoms with Gasteiger partial charge in [-0.15, -0.1) is 0 Å². The predicted molar refractivity (Wildman–Crippen MR) is 94.2 cm³/mol. The van der Waals surface area contributed by atoms with Crippen molar-refractivity contribution in [1.82, 2.24) is 14.7 Å². The summed E-state index contributed by atoms with van der Waals surface area (Å²) >= 11 is 0. The van der Waals surface area contributed by atoms with E-state index in [1.807, 2.05) is 18.7 Å². The van der Waals surface area contributed by atoms with Crippen LogP contribution < -0.4 is 5.56 Å². The summed E-state index contributed by atoms with van der Waals surface area (Å²) in [5, 5.41) is 4.18. The summed E-state index contributed by atoms with van der Waals surface area (Å²) in [6.45, 7) is 5.23. The van der Waals surface area contributed by atoms with Gasteiger partial charge in [-0.25, -0.2) is 4.68 Å². The lowest BCUT2D eigenvalue weighted by Crippen LogP contribution is -2.39. The molecule has 0 bridgehead atoms. The zero-order valence-electron chi connectivity index (χ0n) is 15.2. The Hall–Kier alpha value is -1.65. The first-order valence-corrected chi connectivity index (χ1v) is 9.27. The highest BCUT2D eigenvalue weighted by Gasteiger charge is 2.35. The monoisotopic (exact) mass is 331 g/mol. The van der Waals surface area contributed by atoms with Crippen molar-refractivity contribution in [3.63, 3.8) is 0 Å². The number of hydrogen-bond acceptors (Lipinski definition) is 3. The van der Waals surface area contributed by atoms with Gasteiger partial charge in [0.15, 0.2) is 0 Å². The smallest absolute Gasteiger partial charge is 0.279 e. The van der Waals surface area contributed by atoms with Crippen molar-refractivity contribution in [1.29, 1.82) is 0 Å². The molecule has 3 rings (SSSR count). The topological polar surface area (TPSA) is 55.2 Å². The quantitative estimate of drug-likeness (QED) is 0.795. The van der Waals surface area contributed by atoms with Crippen molar-refractivity contribution >= 4 is 5.91 Å². The fourth-order valence-electron chi connectivity index (χ4n) is 4.52. The van der Waals surface area contributed by atoms with Crippen LogP contribution in [0.5, 0.6) is 0 Å². The fourth-order valence-corrected chi connectivity index (χ4v) is 4.52. The van der Waals surface area contributed by atoms with Crippen LogP contribution in [0, 0.1) is 19.3 Å². The Balaban J connectivity index is 1.83. The van der Waals surface area contributed by atoms with Gasteiger partial charge >= 0.3 is 0 Å². The van der Waals surface area contributed by atoms with Gasteiger partial charge in [-0.1, -0.05) is 19.3 Å². The molecule has 1 aliphatic heterocycles. The third kappa shape index (κ3) is 3.13. The van der Waals surface area contributed by atoms with Gasteiger partial charge < -0.3 is 4.90 Å². The Labute approximate surface area is 144 Å². The van der Waals surface area contributed by atoms with E-state index in [9.17, 15) is 9.59 Å². The van der Waals surface area contributed by atoms with Gasteiger partial charge in [0.25, 0.3) is 11.5 Å². The summed E-state index contributed by atoms with van der Waals surface area (Å²) in [5.74, 6) is -0.105. The molecule has 0 atom stereocenters. The lowest BCUT2D eigenvalue weighted by molar-refractivity contribution is 0.0745. The van der Waals surface area contributed by atoms with Crippen LogP contribution in [-0.2, 0) is 7.05 Å². The minimum atomic E-state index is -0.278. The van der Waals surface area contributed by atoms with Gasteiger partial charge in [0.05, 0.1) is 5.69 Å². The average Bonchev–Trinajstić information content (AvgIpc) is 2.77. The summed E-state index contributed by atoms with van der Waals surface area (Å²) in [6.07, 6.45) is 10.00. The zero-order valence-corrected chi connectivity index (χ0v) is 15.2. The highest BCUT2D eigenvalue weighted by atomic mass is 16.2. The van der Waals surface area contributed by atoms with Gasteiger partial charge in [-0.3, -0.25) is 9.59 Å². The van der Waals surface area contributed by atoms with Crippen molar-refractivity contribution < 1.29 is 4.79 Å². The lowest BCUT2D eigenvalue weighted by atomic mass is 9.69. The molecule has 1 saturated carbocycles. The molecule has 1 amide bonds. The highest BCUT2D eigenvalue weighted by molar-refractivity contribution is 5.95. The summed E-state index contributed by atoms with van der Waals surface area (Å²) in [7, 11) is 1.62. The Morgan fingerprint density at radius 2 is 1.67 bits per heavy atom. The van der Waals surface area contributed by atoms with E-state index in [2.05, 4.69) is 5.10 Å². The minimum Gasteiger partial charge on any atom is -0.338 e. The van der Waals surface area contributed by atoms with Crippen LogP contribution in [0.15, 0.2) is 4.79 Å². The van der Waals surface area contributed by atoms with Crippen LogP contribution in [-0.4, -0.2) is 33.7 Å². The summed E-state index contributed by atoms with van der Waals surface area (Å²) in [4.78, 5) is 27.4. The van der Waals surface area contributed by atoms with E-state index < -0.39 is 0 Å². The fraction of sp³-hybridized carbons (Fsp3) is 0.737. The van der Waals surface area contributed by atoms with Crippen molar-refractivity contribution in [3.05, 3.63) is 27.2 Å². The normalized spacial score (nSPS) is 20.9. The van der Waals surface area contributed by atoms with E-state index in [1.165, 1.54) is 43.2 Å². The van der Waals surface area contributed by atoms with Crippen LogP contribution in [0.2, 0.25) is 0 Å². The summed E-state index contributed by atoms with van der Waals surface area (Å²) < 4.78 is 1.29. The molecule has 2 fully saturated rings. The summed E-state index contributed by atoms with van der Waals surface area (Å²) in [5.41, 5.74) is 1.95. The number of carbonyl (C=O) groups excluding carboxylic acids is 1. The van der Waals surface area contributed by atoms with Gasteiger partial charge in [0, 0.05) is 20.1 Å². The van der Waals surface area contributed by atoms with E-state index in [0.29, 0.717) is 11.0 Å². The van der Waals surface area contributed by atoms with E-state index in [4.69, 9.17) is 0 Å². The first kappa shape index (κ1) is 17.2. The molecular weight excluding hydrogens is 302 g/mol. The molecule has 0 N–H and O–H groups in total. The molecular formula is C19H29N3O2. The number of nitrogens with zero attached hydrogens (tertiary/aromatic N) is 3. The standard InChI is InChI=1S/C19H29N3O2/c1-14-15(2)20-21(3)17(23)16(14)18(24)22-12-7-10-19(11-13-22)8-5-4-6-9-19/h4-13H2,1-3H3. The molecule has 2 aliphatic rings. The maximum absolute atomic E-state index is 13.1. The maximum atomic E-state index is 13.1. The maximum Gasteiger partial charge on any atom is 0.279 e. The molecule has 0 aromatic carbocycles. The molecule has 5 heteroatoms. The molecule has 0 radical (unpaired) electrons. The van der Waals surface area contributed by atoms with Gasteiger partial charge in [-0.2, -0.15) is 5.10 Å². The Kier molecular flexibility index (Phi) is 4.79. The van der Waals surface area contributed by atoms with E-state index in [1.54, 1.807) is 7.05 Å². The van der Waals surface area contributed by atoms with Crippen LogP contribution in [0.3, 0.4) is 0 Å². The number of carbonyl (C=O) groups is 1. The number of amides is 1. The molecule has 0 unspecified atom stereocenters. The highest BCUT2D eigenvalue weighted by Crippen LogP contribution is 2.44. The third-order valence-electron chi connectivity index (χ3n) is 6.19. The second-order valence-electron chi connectivity index (χ2n) is 7.72. The molecule has 1 spiro atoms. The molecule has 1 saturated heterocycles. The number of likely N-dealkylation sites (tertiary alicyclic amines) is 1. The van der Waals surface area contributed by atoms with E-state index in [0.717, 1.165) is 37.2 Å². The molecule has 5 nitrogen and oxygen atoms in total. The minimum absolute atomic E-state index is 0.105. The van der Waals surface area contributed by atoms with Crippen LogP contribution in [0.1, 0.15) is 73.0 Å². The molecule has 1 aliphatic carbocycles. The first-order chi connectivity index (χ1) is 11.4. The number of hydrogen-bond donors (Lipinski definition) is 0. The van der Waals surface area contributed by atoms with Crippen LogP contribution >= 0.6 is 0 Å². The molecule has 1 aromatic heterocycles. The first-order valence-electron chi connectivity index (χ1n) is 9.27.